The first-order chi connectivity index (χ1) is 27.8. The van der Waals surface area contributed by atoms with Gasteiger partial charge in [0.1, 0.15) is 0 Å². The average molecular weight is 808 g/mol. The summed E-state index contributed by atoms with van der Waals surface area (Å²) in [6, 6.07) is 0. The van der Waals surface area contributed by atoms with Crippen LogP contribution in [-0.4, -0.2) is 62.8 Å². The fraction of sp³-hybridized carbons (Fsp3) is 0.940. The number of esters is 3. The molecule has 0 bridgehead atoms. The van der Waals surface area contributed by atoms with Gasteiger partial charge < -0.3 is 19.1 Å². The number of carbonyl (C=O) groups is 3. The lowest BCUT2D eigenvalue weighted by Gasteiger charge is -2.17. The number of hydrogen-bond donors (Lipinski definition) is 0. The van der Waals surface area contributed by atoms with Crippen LogP contribution in [0.4, 0.5) is 0 Å². The van der Waals surface area contributed by atoms with E-state index in [1.165, 1.54) is 77.0 Å². The summed E-state index contributed by atoms with van der Waals surface area (Å²) in [6.45, 7) is 14.6. The van der Waals surface area contributed by atoms with Crippen molar-refractivity contribution in [3.8, 4) is 0 Å². The summed E-state index contributed by atoms with van der Waals surface area (Å²) in [5, 5.41) is 0. The number of nitrogens with zero attached hydrogens (tertiary/aromatic N) is 1. The summed E-state index contributed by atoms with van der Waals surface area (Å²) in [5.41, 5.74) is 0. The van der Waals surface area contributed by atoms with Crippen LogP contribution in [0.2, 0.25) is 0 Å². The maximum absolute atomic E-state index is 13.1. The van der Waals surface area contributed by atoms with E-state index in [-0.39, 0.29) is 23.8 Å². The lowest BCUT2D eigenvalue weighted by Crippen LogP contribution is -2.23. The Morgan fingerprint density at radius 1 is 0.404 bits per heavy atom. The zero-order valence-corrected chi connectivity index (χ0v) is 39.0. The van der Waals surface area contributed by atoms with Gasteiger partial charge in [0.25, 0.3) is 0 Å². The normalized spacial score (nSPS) is 11.7. The fourth-order valence-corrected chi connectivity index (χ4v) is 7.95. The molecule has 0 unspecified atom stereocenters. The van der Waals surface area contributed by atoms with Crippen LogP contribution in [0, 0.1) is 17.8 Å². The van der Waals surface area contributed by atoms with Crippen molar-refractivity contribution in [2.75, 3.05) is 40.0 Å². The Bertz CT molecular complexity index is 820. The maximum Gasteiger partial charge on any atom is 0.308 e. The highest BCUT2D eigenvalue weighted by Crippen LogP contribution is 2.24. The van der Waals surface area contributed by atoms with Gasteiger partial charge in [-0.05, 0) is 83.2 Å². The van der Waals surface area contributed by atoms with Crippen LogP contribution in [0.3, 0.4) is 0 Å². The van der Waals surface area contributed by atoms with Gasteiger partial charge in [-0.3, -0.25) is 14.4 Å². The smallest absolute Gasteiger partial charge is 0.308 e. The minimum Gasteiger partial charge on any atom is -0.466 e. The SMILES string of the molecule is CCCCCC(CCCCC)CC(=O)OCCCCCCCCC(CCCCCCCCOC(=O)CC(CCCCC)CCCCC)C(=O)OCCCN(C)CC. The minimum atomic E-state index is -0.00623. The highest BCUT2D eigenvalue weighted by molar-refractivity contribution is 5.72. The first-order valence-corrected chi connectivity index (χ1v) is 25.0. The van der Waals surface area contributed by atoms with Gasteiger partial charge >= 0.3 is 17.9 Å². The van der Waals surface area contributed by atoms with Gasteiger partial charge in [-0.15, -0.1) is 0 Å². The molecule has 0 fully saturated rings. The Morgan fingerprint density at radius 3 is 1.11 bits per heavy atom. The lowest BCUT2D eigenvalue weighted by atomic mass is 9.92. The average Bonchev–Trinajstić information content (AvgIpc) is 3.20. The Hall–Kier alpha value is -1.63. The van der Waals surface area contributed by atoms with Crippen molar-refractivity contribution in [1.82, 2.24) is 4.90 Å². The van der Waals surface area contributed by atoms with E-state index in [1.807, 2.05) is 0 Å². The van der Waals surface area contributed by atoms with Crippen molar-refractivity contribution < 1.29 is 28.6 Å². The highest BCUT2D eigenvalue weighted by Gasteiger charge is 2.20. The van der Waals surface area contributed by atoms with E-state index in [2.05, 4.69) is 46.6 Å². The summed E-state index contributed by atoms with van der Waals surface area (Å²) in [6.07, 6.45) is 36.3. The second-order valence-electron chi connectivity index (χ2n) is 17.5. The van der Waals surface area contributed by atoms with Crippen molar-refractivity contribution in [3.05, 3.63) is 0 Å². The van der Waals surface area contributed by atoms with E-state index in [0.717, 1.165) is 135 Å². The van der Waals surface area contributed by atoms with E-state index >= 15 is 0 Å². The Morgan fingerprint density at radius 2 is 0.737 bits per heavy atom. The molecule has 0 saturated carbocycles. The third-order valence-electron chi connectivity index (χ3n) is 12.0. The molecule has 0 aliphatic heterocycles. The summed E-state index contributed by atoms with van der Waals surface area (Å²) >= 11 is 0. The molecule has 7 heteroatoms. The first kappa shape index (κ1) is 55.4. The van der Waals surface area contributed by atoms with Gasteiger partial charge in [0.15, 0.2) is 0 Å². The van der Waals surface area contributed by atoms with E-state index in [9.17, 15) is 14.4 Å². The topological polar surface area (TPSA) is 82.1 Å². The van der Waals surface area contributed by atoms with Crippen molar-refractivity contribution in [1.29, 1.82) is 0 Å². The molecule has 0 amide bonds. The molecular weight excluding hydrogens is 711 g/mol. The number of ether oxygens (including phenoxy) is 3. The molecule has 338 valence electrons. The van der Waals surface area contributed by atoms with Crippen LogP contribution in [0.25, 0.3) is 0 Å². The molecule has 0 aliphatic rings. The second-order valence-corrected chi connectivity index (χ2v) is 17.5. The van der Waals surface area contributed by atoms with Gasteiger partial charge in [0.05, 0.1) is 25.7 Å². The minimum absolute atomic E-state index is 0.00400. The van der Waals surface area contributed by atoms with Crippen molar-refractivity contribution in [2.24, 2.45) is 17.8 Å². The molecule has 0 saturated heterocycles. The monoisotopic (exact) mass is 808 g/mol. The number of hydrogen-bond acceptors (Lipinski definition) is 7. The number of carbonyl (C=O) groups excluding carboxylic acids is 3. The third-order valence-corrected chi connectivity index (χ3v) is 12.0. The van der Waals surface area contributed by atoms with Crippen molar-refractivity contribution in [3.63, 3.8) is 0 Å². The van der Waals surface area contributed by atoms with Crippen molar-refractivity contribution >= 4 is 17.9 Å². The first-order valence-electron chi connectivity index (χ1n) is 25.0. The van der Waals surface area contributed by atoms with Crippen LogP contribution in [0.15, 0.2) is 0 Å². The van der Waals surface area contributed by atoms with Gasteiger partial charge in [0.2, 0.25) is 0 Å². The molecule has 0 rings (SSSR count). The standard InChI is InChI=1S/C50H97NO6/c1-7-12-24-33-45(34-25-13-8-2)43-48(52)55-40-30-22-18-16-20-28-37-47(50(54)57-42-32-39-51(6)11-5)38-29-21-17-19-23-31-41-56-49(53)44-46(35-26-14-9-3)36-27-15-10-4/h45-47H,7-44H2,1-6H3. The molecule has 0 radical (unpaired) electrons. The lowest BCUT2D eigenvalue weighted by molar-refractivity contribution is -0.149. The zero-order valence-electron chi connectivity index (χ0n) is 39.0. The van der Waals surface area contributed by atoms with Gasteiger partial charge in [0, 0.05) is 19.4 Å². The predicted molar refractivity (Wildman–Crippen MR) is 242 cm³/mol. The molecule has 0 atom stereocenters. The van der Waals surface area contributed by atoms with Crippen LogP contribution in [0.5, 0.6) is 0 Å². The molecule has 0 heterocycles. The van der Waals surface area contributed by atoms with Gasteiger partial charge in [-0.2, -0.15) is 0 Å². The summed E-state index contributed by atoms with van der Waals surface area (Å²) in [4.78, 5) is 40.4. The molecule has 0 aromatic rings. The molecule has 0 aliphatic carbocycles. The van der Waals surface area contributed by atoms with Gasteiger partial charge in [-0.25, -0.2) is 0 Å². The number of rotatable bonds is 44. The van der Waals surface area contributed by atoms with E-state index in [4.69, 9.17) is 14.2 Å². The van der Waals surface area contributed by atoms with E-state index in [1.54, 1.807) is 0 Å². The third kappa shape index (κ3) is 37.1. The van der Waals surface area contributed by atoms with Crippen LogP contribution >= 0.6 is 0 Å². The second kappa shape index (κ2) is 42.5. The summed E-state index contributed by atoms with van der Waals surface area (Å²) in [5.74, 6) is 0.946. The highest BCUT2D eigenvalue weighted by atomic mass is 16.5. The maximum atomic E-state index is 13.1. The molecule has 0 aromatic heterocycles. The molecule has 0 aromatic carbocycles. The van der Waals surface area contributed by atoms with E-state index < -0.39 is 0 Å². The Kier molecular flexibility index (Phi) is 41.3. The van der Waals surface area contributed by atoms with Crippen LogP contribution < -0.4 is 0 Å². The van der Waals surface area contributed by atoms with Crippen LogP contribution in [0.1, 0.15) is 247 Å². The molecule has 0 N–H and O–H groups in total. The predicted octanol–water partition coefficient (Wildman–Crippen LogP) is 14.4. The van der Waals surface area contributed by atoms with Gasteiger partial charge in [-0.1, -0.05) is 176 Å². The quantitative estimate of drug-likeness (QED) is 0.0344. The van der Waals surface area contributed by atoms with E-state index in [0.29, 0.717) is 44.5 Å². The largest absolute Gasteiger partial charge is 0.466 e. The van der Waals surface area contributed by atoms with Crippen molar-refractivity contribution in [2.45, 2.75) is 247 Å². The molecule has 0 spiro atoms. The molecular formula is C50H97NO6. The van der Waals surface area contributed by atoms with Crippen LogP contribution in [-0.2, 0) is 28.6 Å². The fourth-order valence-electron chi connectivity index (χ4n) is 7.95. The Balaban J connectivity index is 4.38. The number of unbranched alkanes of at least 4 members (excludes halogenated alkanes) is 18. The summed E-state index contributed by atoms with van der Waals surface area (Å²) < 4.78 is 17.1. The molecule has 7 nitrogen and oxygen atoms in total. The zero-order chi connectivity index (χ0) is 42.0. The molecule has 57 heavy (non-hydrogen) atoms. The Labute approximate surface area is 354 Å². The summed E-state index contributed by atoms with van der Waals surface area (Å²) in [7, 11) is 2.10.